The first-order chi connectivity index (χ1) is 9.13. The number of benzene rings is 1. The van der Waals surface area contributed by atoms with E-state index in [0.29, 0.717) is 12.2 Å². The molecule has 1 atom stereocenters. The maximum Gasteiger partial charge on any atom is 0.148 e. The molecule has 0 aliphatic rings. The van der Waals surface area contributed by atoms with E-state index in [1.54, 1.807) is 0 Å². The lowest BCUT2D eigenvalue weighted by Crippen LogP contribution is -1.98. The maximum absolute atomic E-state index is 10.2. The van der Waals surface area contributed by atoms with Crippen molar-refractivity contribution in [2.45, 2.75) is 12.5 Å². The first-order valence-corrected chi connectivity index (χ1v) is 7.72. The number of thiophene rings is 1. The molecule has 2 heterocycles. The monoisotopic (exact) mass is 356 g/mol. The highest BCUT2D eigenvalue weighted by molar-refractivity contribution is 9.10. The van der Waals surface area contributed by atoms with Crippen molar-refractivity contribution in [2.75, 3.05) is 0 Å². The Balaban J connectivity index is 1.89. The third-order valence-electron chi connectivity index (χ3n) is 2.87. The third-order valence-corrected chi connectivity index (χ3v) is 4.74. The minimum Gasteiger partial charge on any atom is -0.457 e. The Morgan fingerprint density at radius 1 is 1.32 bits per heavy atom. The molecule has 0 aliphatic heterocycles. The average molecular weight is 358 g/mol. The van der Waals surface area contributed by atoms with Crippen molar-refractivity contribution in [3.63, 3.8) is 0 Å². The molecule has 0 fully saturated rings. The summed E-state index contributed by atoms with van der Waals surface area (Å²) in [6.07, 6.45) is -0.150. The fourth-order valence-electron chi connectivity index (χ4n) is 1.96. The van der Waals surface area contributed by atoms with Crippen molar-refractivity contribution in [2.24, 2.45) is 0 Å². The van der Waals surface area contributed by atoms with Crippen molar-refractivity contribution in [1.82, 2.24) is 0 Å². The smallest absolute Gasteiger partial charge is 0.148 e. The summed E-state index contributed by atoms with van der Waals surface area (Å²) >= 11 is 10.8. The van der Waals surface area contributed by atoms with Crippen molar-refractivity contribution in [3.8, 4) is 0 Å². The summed E-state index contributed by atoms with van der Waals surface area (Å²) in [6, 6.07) is 11.5. The molecule has 0 bridgehead atoms. The zero-order valence-corrected chi connectivity index (χ0v) is 12.9. The molecule has 1 aromatic carbocycles. The standard InChI is InChI=1S/C14H10BrClO2S/c15-10-3-1-2-8-6-12(18-14(8)10)11(17)7-9-4-5-13(16)19-9/h1-6,11,17H,7H2. The number of furan rings is 1. The second-order valence-electron chi connectivity index (χ2n) is 4.23. The molecule has 0 amide bonds. The predicted octanol–water partition coefficient (Wildman–Crippen LogP) is 5.19. The first-order valence-electron chi connectivity index (χ1n) is 5.74. The topological polar surface area (TPSA) is 33.4 Å². The van der Waals surface area contributed by atoms with Crippen molar-refractivity contribution in [3.05, 3.63) is 55.8 Å². The Kier molecular flexibility index (Phi) is 3.67. The Bertz CT molecular complexity index is 719. The summed E-state index contributed by atoms with van der Waals surface area (Å²) in [7, 11) is 0. The zero-order valence-electron chi connectivity index (χ0n) is 9.77. The fraction of sp³-hybridized carbons (Fsp3) is 0.143. The van der Waals surface area contributed by atoms with Gasteiger partial charge in [-0.1, -0.05) is 23.7 Å². The van der Waals surface area contributed by atoms with E-state index in [-0.39, 0.29) is 0 Å². The summed E-state index contributed by atoms with van der Waals surface area (Å²) in [4.78, 5) is 1.04. The minimum absolute atomic E-state index is 0.509. The molecule has 19 heavy (non-hydrogen) atoms. The molecule has 1 unspecified atom stereocenters. The number of para-hydroxylation sites is 1. The van der Waals surface area contributed by atoms with E-state index in [0.717, 1.165) is 24.7 Å². The van der Waals surface area contributed by atoms with E-state index in [2.05, 4.69) is 15.9 Å². The van der Waals surface area contributed by atoms with Crippen LogP contribution in [0.5, 0.6) is 0 Å². The fourth-order valence-corrected chi connectivity index (χ4v) is 3.55. The lowest BCUT2D eigenvalue weighted by atomic mass is 10.1. The van der Waals surface area contributed by atoms with Crippen LogP contribution < -0.4 is 0 Å². The lowest BCUT2D eigenvalue weighted by molar-refractivity contribution is 0.153. The predicted molar refractivity (Wildman–Crippen MR) is 81.9 cm³/mol. The van der Waals surface area contributed by atoms with Crippen LogP contribution >= 0.6 is 38.9 Å². The highest BCUT2D eigenvalue weighted by Crippen LogP contribution is 2.32. The highest BCUT2D eigenvalue weighted by Gasteiger charge is 2.16. The quantitative estimate of drug-likeness (QED) is 0.700. The molecule has 2 nitrogen and oxygen atoms in total. The van der Waals surface area contributed by atoms with E-state index in [9.17, 15) is 5.11 Å². The number of fused-ring (bicyclic) bond motifs is 1. The van der Waals surface area contributed by atoms with E-state index in [1.807, 2.05) is 36.4 Å². The summed E-state index contributed by atoms with van der Waals surface area (Å²) in [5, 5.41) is 11.2. The van der Waals surface area contributed by atoms with Crippen molar-refractivity contribution < 1.29 is 9.52 Å². The van der Waals surface area contributed by atoms with E-state index in [4.69, 9.17) is 16.0 Å². The van der Waals surface area contributed by atoms with Gasteiger partial charge in [0.25, 0.3) is 0 Å². The lowest BCUT2D eigenvalue weighted by Gasteiger charge is -2.05. The molecule has 3 aromatic rings. The van der Waals surface area contributed by atoms with Gasteiger partial charge in [0.1, 0.15) is 17.4 Å². The molecule has 0 spiro atoms. The van der Waals surface area contributed by atoms with Gasteiger partial charge >= 0.3 is 0 Å². The summed E-state index contributed by atoms with van der Waals surface area (Å²) in [5.74, 6) is 0.575. The molecule has 1 N–H and O–H groups in total. The molecule has 98 valence electrons. The van der Waals surface area contributed by atoms with Crippen LogP contribution in [0.3, 0.4) is 0 Å². The number of hydrogen-bond acceptors (Lipinski definition) is 3. The molecule has 0 saturated carbocycles. The van der Waals surface area contributed by atoms with Crippen LogP contribution in [0.25, 0.3) is 11.0 Å². The van der Waals surface area contributed by atoms with E-state index >= 15 is 0 Å². The summed E-state index contributed by atoms with van der Waals surface area (Å²) in [5.41, 5.74) is 0.765. The number of hydrogen-bond donors (Lipinski definition) is 1. The molecule has 3 rings (SSSR count). The van der Waals surface area contributed by atoms with Gasteiger partial charge in [-0.25, -0.2) is 0 Å². The molecular weight excluding hydrogens is 348 g/mol. The van der Waals surface area contributed by atoms with Crippen molar-refractivity contribution >= 4 is 49.8 Å². The van der Waals surface area contributed by atoms with E-state index < -0.39 is 6.10 Å². The average Bonchev–Trinajstić information content (AvgIpc) is 2.96. The second-order valence-corrected chi connectivity index (χ2v) is 6.89. The van der Waals surface area contributed by atoms with E-state index in [1.165, 1.54) is 11.3 Å². The van der Waals surface area contributed by atoms with Crippen molar-refractivity contribution in [1.29, 1.82) is 0 Å². The van der Waals surface area contributed by atoms with Gasteiger partial charge in [0, 0.05) is 16.7 Å². The second kappa shape index (κ2) is 5.29. The van der Waals surface area contributed by atoms with Gasteiger partial charge in [-0.15, -0.1) is 11.3 Å². The number of aliphatic hydroxyl groups excluding tert-OH is 1. The summed E-state index contributed by atoms with van der Waals surface area (Å²) in [6.45, 7) is 0. The van der Waals surface area contributed by atoms with Crippen LogP contribution in [0.15, 0.2) is 45.3 Å². The number of rotatable bonds is 3. The zero-order chi connectivity index (χ0) is 13.4. The molecule has 0 aliphatic carbocycles. The van der Waals surface area contributed by atoms with Crippen LogP contribution in [0.2, 0.25) is 4.34 Å². The Morgan fingerprint density at radius 3 is 2.84 bits per heavy atom. The van der Waals surface area contributed by atoms with Crippen LogP contribution in [0.4, 0.5) is 0 Å². The number of aliphatic hydroxyl groups is 1. The minimum atomic E-state index is -0.658. The van der Waals surface area contributed by atoms with Crippen LogP contribution in [0.1, 0.15) is 16.7 Å². The molecule has 0 radical (unpaired) electrons. The first kappa shape index (κ1) is 13.2. The normalized spacial score (nSPS) is 13.0. The van der Waals surface area contributed by atoms with Gasteiger partial charge in [0.15, 0.2) is 0 Å². The van der Waals surface area contributed by atoms with Gasteiger partial charge in [0.2, 0.25) is 0 Å². The molecule has 5 heteroatoms. The van der Waals surface area contributed by atoms with Gasteiger partial charge in [0.05, 0.1) is 8.81 Å². The van der Waals surface area contributed by atoms with Gasteiger partial charge in [-0.05, 0) is 40.2 Å². The van der Waals surface area contributed by atoms with Crippen LogP contribution in [-0.4, -0.2) is 5.11 Å². The molecule has 2 aromatic heterocycles. The number of halogens is 2. The SMILES string of the molecule is OC(Cc1ccc(Cl)s1)c1cc2cccc(Br)c2o1. The van der Waals surface area contributed by atoms with Gasteiger partial charge in [-0.2, -0.15) is 0 Å². The van der Waals surface area contributed by atoms with Gasteiger partial charge < -0.3 is 9.52 Å². The van der Waals surface area contributed by atoms with Crippen LogP contribution in [0, 0.1) is 0 Å². The third kappa shape index (κ3) is 2.72. The van der Waals surface area contributed by atoms with Gasteiger partial charge in [-0.3, -0.25) is 0 Å². The maximum atomic E-state index is 10.2. The van der Waals surface area contributed by atoms with Crippen LogP contribution in [-0.2, 0) is 6.42 Å². The molecular formula is C14H10BrClO2S. The Labute approximate surface area is 127 Å². The largest absolute Gasteiger partial charge is 0.457 e. The Morgan fingerprint density at radius 2 is 2.16 bits per heavy atom. The molecule has 0 saturated heterocycles. The summed E-state index contributed by atoms with van der Waals surface area (Å²) < 4.78 is 7.34. The Hall–Kier alpha value is -0.810. The highest BCUT2D eigenvalue weighted by atomic mass is 79.9.